The van der Waals surface area contributed by atoms with Gasteiger partial charge in [-0.1, -0.05) is 57.0 Å². The summed E-state index contributed by atoms with van der Waals surface area (Å²) in [5.41, 5.74) is 1.79. The van der Waals surface area contributed by atoms with Crippen molar-refractivity contribution in [2.45, 2.75) is 81.4 Å². The van der Waals surface area contributed by atoms with Crippen molar-refractivity contribution in [2.75, 3.05) is 19.4 Å². The Morgan fingerprint density at radius 1 is 1.22 bits per heavy atom. The number of carbonyl (C=O) groups is 1. The molecular weight excluding hydrogens is 490 g/mol. The first-order valence-electron chi connectivity index (χ1n) is 12.9. The second-order valence-electron chi connectivity index (χ2n) is 10.1. The number of carboxylic acids is 1. The SMILES string of the molecule is CCCC[C@]1(CC)CS(=O)(=O)c2cc(CN3CCC[C@H]3C(=O)[O-])c(OC)cc2[C@@H](c2ccccc2)N1.[NH4+]. The highest BCUT2D eigenvalue weighted by Crippen LogP contribution is 2.41. The summed E-state index contributed by atoms with van der Waals surface area (Å²) >= 11 is 0. The molecule has 0 spiro atoms. The lowest BCUT2D eigenvalue weighted by molar-refractivity contribution is -0.311. The molecule has 0 saturated carbocycles. The summed E-state index contributed by atoms with van der Waals surface area (Å²) in [5.74, 6) is -0.511. The van der Waals surface area contributed by atoms with Crippen LogP contribution in [0.25, 0.3) is 0 Å². The molecule has 0 bridgehead atoms. The smallest absolute Gasteiger partial charge is 0.180 e. The van der Waals surface area contributed by atoms with Crippen molar-refractivity contribution in [3.8, 4) is 5.75 Å². The molecule has 0 aromatic heterocycles. The molecule has 0 unspecified atom stereocenters. The highest BCUT2D eigenvalue weighted by molar-refractivity contribution is 7.91. The molecule has 2 aromatic rings. The first-order chi connectivity index (χ1) is 17.2. The fourth-order valence-corrected chi connectivity index (χ4v) is 7.92. The number of nitrogens with one attached hydrogen (secondary N) is 1. The van der Waals surface area contributed by atoms with Crippen molar-refractivity contribution in [1.82, 2.24) is 16.4 Å². The molecular formula is C28H41N3O5S. The van der Waals surface area contributed by atoms with Crippen molar-refractivity contribution in [3.05, 3.63) is 59.2 Å². The molecule has 9 heteroatoms. The molecule has 2 aliphatic rings. The van der Waals surface area contributed by atoms with Crippen LogP contribution in [0.15, 0.2) is 47.4 Å². The van der Waals surface area contributed by atoms with Crippen LogP contribution in [0.4, 0.5) is 0 Å². The van der Waals surface area contributed by atoms with E-state index in [4.69, 9.17) is 4.74 Å². The molecule has 1 saturated heterocycles. The zero-order valence-electron chi connectivity index (χ0n) is 22.5. The Morgan fingerprint density at radius 3 is 2.57 bits per heavy atom. The van der Waals surface area contributed by atoms with Gasteiger partial charge in [0.05, 0.1) is 29.8 Å². The number of fused-ring (bicyclic) bond motifs is 1. The van der Waals surface area contributed by atoms with E-state index in [1.54, 1.807) is 13.2 Å². The van der Waals surface area contributed by atoms with E-state index in [1.807, 2.05) is 41.3 Å². The Labute approximate surface area is 220 Å². The molecule has 4 rings (SSSR count). The van der Waals surface area contributed by atoms with E-state index in [1.165, 1.54) is 0 Å². The number of hydrogen-bond acceptors (Lipinski definition) is 7. The molecule has 2 heterocycles. The third kappa shape index (κ3) is 6.00. The summed E-state index contributed by atoms with van der Waals surface area (Å²) in [5, 5.41) is 15.4. The standard InChI is InChI=1S/C28H38N2O5S.H3N/c1-4-6-14-28(5-2)19-36(33,34)25-16-21(18-30-15-10-13-23(30)27(31)32)24(35-3)17-22(25)26(29-28)20-11-8-7-9-12-20;/h7-9,11-12,16-17,23,26,29H,4-6,10,13-15,18-19H2,1-3H3,(H,31,32);1H3/t23-,26+,28+;/m0./s1. The average molecular weight is 532 g/mol. The van der Waals surface area contributed by atoms with Gasteiger partial charge in [0.2, 0.25) is 0 Å². The molecule has 0 amide bonds. The van der Waals surface area contributed by atoms with Crippen LogP contribution in [-0.2, 0) is 21.2 Å². The zero-order valence-corrected chi connectivity index (χ0v) is 23.3. The maximum atomic E-state index is 14.0. The number of carbonyl (C=O) groups excluding carboxylic acids is 1. The third-order valence-electron chi connectivity index (χ3n) is 7.80. The largest absolute Gasteiger partial charge is 0.548 e. The van der Waals surface area contributed by atoms with Gasteiger partial charge in [0.15, 0.2) is 9.84 Å². The second-order valence-corrected chi connectivity index (χ2v) is 12.1. The van der Waals surface area contributed by atoms with Crippen molar-refractivity contribution in [2.24, 2.45) is 0 Å². The van der Waals surface area contributed by atoms with Gasteiger partial charge in [-0.25, -0.2) is 8.42 Å². The number of hydrogen-bond donors (Lipinski definition) is 2. The van der Waals surface area contributed by atoms with E-state index in [0.717, 1.165) is 31.2 Å². The monoisotopic (exact) mass is 531 g/mol. The van der Waals surface area contributed by atoms with Crippen LogP contribution < -0.4 is 21.3 Å². The van der Waals surface area contributed by atoms with Crippen molar-refractivity contribution >= 4 is 15.8 Å². The predicted molar refractivity (Wildman–Crippen MR) is 143 cm³/mol. The molecule has 0 radical (unpaired) electrons. The minimum absolute atomic E-state index is 0. The number of quaternary nitrogens is 1. The van der Waals surface area contributed by atoms with E-state index in [-0.39, 0.29) is 17.9 Å². The highest BCUT2D eigenvalue weighted by Gasteiger charge is 2.42. The summed E-state index contributed by atoms with van der Waals surface area (Å²) in [4.78, 5) is 13.8. The van der Waals surface area contributed by atoms with Crippen LogP contribution in [0.2, 0.25) is 0 Å². The van der Waals surface area contributed by atoms with Crippen LogP contribution in [0.5, 0.6) is 5.75 Å². The quantitative estimate of drug-likeness (QED) is 0.505. The molecule has 1 fully saturated rings. The predicted octanol–water partition coefficient (Wildman–Crippen LogP) is 3.59. The number of rotatable bonds is 9. The lowest BCUT2D eigenvalue weighted by Crippen LogP contribution is -2.50. The van der Waals surface area contributed by atoms with Gasteiger partial charge in [-0.15, -0.1) is 0 Å². The van der Waals surface area contributed by atoms with E-state index in [2.05, 4.69) is 19.2 Å². The highest BCUT2D eigenvalue weighted by atomic mass is 32.2. The lowest BCUT2D eigenvalue weighted by Gasteiger charge is -2.36. The van der Waals surface area contributed by atoms with E-state index >= 15 is 0 Å². The fraction of sp³-hybridized carbons (Fsp3) is 0.536. The summed E-state index contributed by atoms with van der Waals surface area (Å²) in [7, 11) is -2.08. The van der Waals surface area contributed by atoms with Gasteiger partial charge in [0.25, 0.3) is 0 Å². The molecule has 2 aliphatic heterocycles. The van der Waals surface area contributed by atoms with E-state index < -0.39 is 27.4 Å². The van der Waals surface area contributed by atoms with Crippen molar-refractivity contribution in [1.29, 1.82) is 0 Å². The molecule has 0 aliphatic carbocycles. The first-order valence-corrected chi connectivity index (χ1v) is 14.6. The number of nitrogens with zero attached hydrogens (tertiary/aromatic N) is 1. The summed E-state index contributed by atoms with van der Waals surface area (Å²) < 4.78 is 33.7. The number of unbranched alkanes of at least 4 members (excludes halogenated alkanes) is 1. The Morgan fingerprint density at radius 2 is 1.95 bits per heavy atom. The van der Waals surface area contributed by atoms with Crippen LogP contribution in [0.1, 0.15) is 75.1 Å². The minimum atomic E-state index is -3.65. The van der Waals surface area contributed by atoms with Crippen molar-refractivity contribution < 1.29 is 23.1 Å². The number of methoxy groups -OCH3 is 1. The fourth-order valence-electron chi connectivity index (χ4n) is 5.74. The molecule has 37 heavy (non-hydrogen) atoms. The average Bonchev–Trinajstić information content (AvgIpc) is 3.31. The topological polar surface area (TPSA) is 135 Å². The number of carboxylic acid groups (broad SMARTS) is 1. The van der Waals surface area contributed by atoms with Gasteiger partial charge >= 0.3 is 0 Å². The zero-order chi connectivity index (χ0) is 25.9. The van der Waals surface area contributed by atoms with Gasteiger partial charge in [0, 0.05) is 23.7 Å². The molecule has 5 N–H and O–H groups in total. The second kappa shape index (κ2) is 11.9. The third-order valence-corrected chi connectivity index (χ3v) is 9.76. The molecule has 2 aromatic carbocycles. The van der Waals surface area contributed by atoms with Crippen LogP contribution in [0, 0.1) is 0 Å². The van der Waals surface area contributed by atoms with Gasteiger partial charge in [-0.05, 0) is 55.5 Å². The summed E-state index contributed by atoms with van der Waals surface area (Å²) in [6.45, 7) is 5.09. The van der Waals surface area contributed by atoms with E-state index in [0.29, 0.717) is 47.7 Å². The van der Waals surface area contributed by atoms with Crippen LogP contribution in [-0.4, -0.2) is 50.3 Å². The maximum absolute atomic E-state index is 14.0. The Kier molecular flexibility index (Phi) is 9.39. The van der Waals surface area contributed by atoms with Crippen LogP contribution >= 0.6 is 0 Å². The van der Waals surface area contributed by atoms with Gasteiger partial charge < -0.3 is 20.8 Å². The van der Waals surface area contributed by atoms with Crippen LogP contribution in [0.3, 0.4) is 0 Å². The number of benzene rings is 2. The van der Waals surface area contributed by atoms with Gasteiger partial charge in [0.1, 0.15) is 5.75 Å². The summed E-state index contributed by atoms with van der Waals surface area (Å²) in [6.07, 6.45) is 4.67. The Bertz CT molecular complexity index is 1190. The van der Waals surface area contributed by atoms with Crippen molar-refractivity contribution in [3.63, 3.8) is 0 Å². The minimum Gasteiger partial charge on any atom is -0.548 e. The Hall–Kier alpha value is -2.46. The Balaban J connectivity index is 0.00000380. The van der Waals surface area contributed by atoms with Gasteiger partial charge in [-0.2, -0.15) is 0 Å². The maximum Gasteiger partial charge on any atom is 0.180 e. The normalized spacial score (nSPS) is 25.1. The van der Waals surface area contributed by atoms with Gasteiger partial charge in [-0.3, -0.25) is 10.2 Å². The molecule has 204 valence electrons. The lowest BCUT2D eigenvalue weighted by atomic mass is 9.88. The first kappa shape index (κ1) is 29.1. The molecule has 3 atom stereocenters. The number of likely N-dealkylation sites (tertiary alicyclic amines) is 1. The summed E-state index contributed by atoms with van der Waals surface area (Å²) in [6, 6.07) is 12.5. The number of sulfone groups is 1. The number of aliphatic carboxylic acids is 1. The number of ether oxygens (including phenoxy) is 1. The molecule has 8 nitrogen and oxygen atoms in total. The van der Waals surface area contributed by atoms with E-state index in [9.17, 15) is 18.3 Å².